The van der Waals surface area contributed by atoms with E-state index in [0.717, 1.165) is 25.4 Å². The number of fused-ring (bicyclic) bond motifs is 1. The van der Waals surface area contributed by atoms with E-state index in [1.165, 1.54) is 32.8 Å². The van der Waals surface area contributed by atoms with E-state index < -0.39 is 20.1 Å². The van der Waals surface area contributed by atoms with Gasteiger partial charge in [0.2, 0.25) is 10.0 Å². The predicted octanol–water partition coefficient (Wildman–Crippen LogP) is 1.32. The molecular weight excluding hydrogens is 262 g/mol. The molecule has 1 aliphatic heterocycles. The van der Waals surface area contributed by atoms with Crippen LogP contribution in [0, 0.1) is 11.8 Å². The van der Waals surface area contributed by atoms with Crippen LogP contribution in [-0.2, 0) is 29.4 Å². The minimum atomic E-state index is -1.90. The molecule has 1 saturated carbocycles. The van der Waals surface area contributed by atoms with Gasteiger partial charge in [-0.2, -0.15) is 0 Å². The van der Waals surface area contributed by atoms with Crippen molar-refractivity contribution >= 4 is 20.1 Å². The van der Waals surface area contributed by atoms with E-state index in [9.17, 15) is 8.42 Å². The summed E-state index contributed by atoms with van der Waals surface area (Å²) in [6, 6.07) is 0. The van der Waals surface area contributed by atoms with Crippen LogP contribution in [0.5, 0.6) is 0 Å². The fourth-order valence-electron chi connectivity index (χ4n) is 2.87. The summed E-state index contributed by atoms with van der Waals surface area (Å²) >= 11 is 0. The molecule has 0 amide bonds. The van der Waals surface area contributed by atoms with E-state index in [1.807, 2.05) is 0 Å². The monoisotopic (exact) mass is 281 g/mol. The van der Waals surface area contributed by atoms with Gasteiger partial charge in [0.25, 0.3) is 10.1 Å². The van der Waals surface area contributed by atoms with Crippen LogP contribution in [0.1, 0.15) is 32.1 Å². The Morgan fingerprint density at radius 1 is 1.12 bits per heavy atom. The van der Waals surface area contributed by atoms with Crippen LogP contribution >= 0.6 is 0 Å². The molecule has 100 valence electrons. The molecule has 0 spiro atoms. The van der Waals surface area contributed by atoms with Crippen LogP contribution in [0.2, 0.25) is 0 Å². The SMILES string of the molecule is COOS(=O)S(=O)N1CCC2CCCCC2C1. The van der Waals surface area contributed by atoms with Crippen molar-refractivity contribution < 1.29 is 17.6 Å². The summed E-state index contributed by atoms with van der Waals surface area (Å²) in [5.74, 6) is 1.38. The van der Waals surface area contributed by atoms with Crippen molar-refractivity contribution in [2.75, 3.05) is 20.2 Å². The molecule has 2 fully saturated rings. The third kappa shape index (κ3) is 3.35. The molecule has 0 N–H and O–H groups in total. The zero-order chi connectivity index (χ0) is 12.3. The van der Waals surface area contributed by atoms with Crippen molar-refractivity contribution in [1.82, 2.24) is 4.31 Å². The predicted molar refractivity (Wildman–Crippen MR) is 66.0 cm³/mol. The molecule has 5 nitrogen and oxygen atoms in total. The number of rotatable bonds is 4. The summed E-state index contributed by atoms with van der Waals surface area (Å²) in [5, 5.41) is 0. The standard InChI is InChI=1S/C10H19NO4S2/c1-14-15-17(13)16(12)11-7-6-9-4-2-3-5-10(9)8-11/h9-10H,2-8H2,1H3. The van der Waals surface area contributed by atoms with Crippen LogP contribution in [0.4, 0.5) is 0 Å². The van der Waals surface area contributed by atoms with E-state index in [4.69, 9.17) is 0 Å². The summed E-state index contributed by atoms with van der Waals surface area (Å²) in [6.07, 6.45) is 6.14. The van der Waals surface area contributed by atoms with Gasteiger partial charge in [-0.25, -0.2) is 17.6 Å². The lowest BCUT2D eigenvalue weighted by atomic mass is 9.76. The zero-order valence-electron chi connectivity index (χ0n) is 10.0. The molecule has 0 aromatic rings. The molecule has 0 aromatic carbocycles. The average Bonchev–Trinajstić information content (AvgIpc) is 2.37. The number of hydrogen-bond acceptors (Lipinski definition) is 4. The first-order valence-electron chi connectivity index (χ1n) is 6.02. The Bertz CT molecular complexity index is 313. The van der Waals surface area contributed by atoms with Gasteiger partial charge in [0, 0.05) is 13.1 Å². The maximum Gasteiger partial charge on any atom is 0.294 e. The maximum atomic E-state index is 11.9. The third-order valence-corrected chi connectivity index (χ3v) is 6.44. The van der Waals surface area contributed by atoms with E-state index in [1.54, 1.807) is 4.31 Å². The number of piperidine rings is 1. The molecule has 2 aliphatic rings. The van der Waals surface area contributed by atoms with Crippen LogP contribution in [0.25, 0.3) is 0 Å². The van der Waals surface area contributed by atoms with Crippen molar-refractivity contribution in [3.8, 4) is 0 Å². The number of nitrogens with zero attached hydrogens (tertiary/aromatic N) is 1. The van der Waals surface area contributed by atoms with Gasteiger partial charge < -0.3 is 0 Å². The Morgan fingerprint density at radius 3 is 2.53 bits per heavy atom. The maximum absolute atomic E-state index is 11.9. The van der Waals surface area contributed by atoms with Crippen LogP contribution in [0.15, 0.2) is 0 Å². The van der Waals surface area contributed by atoms with Crippen molar-refractivity contribution in [3.63, 3.8) is 0 Å². The first kappa shape index (κ1) is 13.6. The highest BCUT2D eigenvalue weighted by atomic mass is 33.2. The molecule has 1 heterocycles. The fraction of sp³-hybridized carbons (Fsp3) is 1.00. The minimum Gasteiger partial charge on any atom is -0.226 e. The molecule has 4 unspecified atom stereocenters. The molecule has 1 saturated heterocycles. The van der Waals surface area contributed by atoms with Gasteiger partial charge in [0.05, 0.1) is 7.11 Å². The van der Waals surface area contributed by atoms with E-state index in [0.29, 0.717) is 5.92 Å². The van der Waals surface area contributed by atoms with Crippen LogP contribution < -0.4 is 0 Å². The van der Waals surface area contributed by atoms with Gasteiger partial charge in [0.1, 0.15) is 0 Å². The topological polar surface area (TPSA) is 55.8 Å². The normalized spacial score (nSPS) is 33.9. The molecule has 17 heavy (non-hydrogen) atoms. The summed E-state index contributed by atoms with van der Waals surface area (Å²) < 4.78 is 29.5. The first-order valence-corrected chi connectivity index (χ1v) is 8.72. The second-order valence-corrected chi connectivity index (χ2v) is 7.80. The molecule has 4 atom stereocenters. The molecule has 2 rings (SSSR count). The largest absolute Gasteiger partial charge is 0.294 e. The third-order valence-electron chi connectivity index (χ3n) is 3.70. The molecule has 0 bridgehead atoms. The van der Waals surface area contributed by atoms with Gasteiger partial charge in [-0.1, -0.05) is 19.3 Å². The van der Waals surface area contributed by atoms with Gasteiger partial charge >= 0.3 is 0 Å². The highest BCUT2D eigenvalue weighted by molar-refractivity contribution is 8.58. The number of hydrogen-bond donors (Lipinski definition) is 0. The van der Waals surface area contributed by atoms with Crippen molar-refractivity contribution in [1.29, 1.82) is 0 Å². The van der Waals surface area contributed by atoms with Crippen molar-refractivity contribution in [2.45, 2.75) is 32.1 Å². The highest BCUT2D eigenvalue weighted by Gasteiger charge is 2.34. The van der Waals surface area contributed by atoms with Crippen LogP contribution in [-0.4, -0.2) is 32.9 Å². The molecule has 0 aromatic heterocycles. The van der Waals surface area contributed by atoms with Gasteiger partial charge in [-0.3, -0.25) is 0 Å². The lowest BCUT2D eigenvalue weighted by Crippen LogP contribution is -2.43. The van der Waals surface area contributed by atoms with Gasteiger partial charge in [-0.15, -0.1) is 4.33 Å². The lowest BCUT2D eigenvalue weighted by Gasteiger charge is -2.39. The summed E-state index contributed by atoms with van der Waals surface area (Å²) in [7, 11) is -2.24. The van der Waals surface area contributed by atoms with Gasteiger partial charge in [-0.05, 0) is 24.7 Å². The Labute approximate surface area is 106 Å². The Balaban J connectivity index is 1.90. The summed E-state index contributed by atoms with van der Waals surface area (Å²) in [4.78, 5) is 4.30. The zero-order valence-corrected chi connectivity index (χ0v) is 11.6. The quantitative estimate of drug-likeness (QED) is 0.443. The second-order valence-electron chi connectivity index (χ2n) is 4.64. The molecule has 1 aliphatic carbocycles. The fourth-order valence-corrected chi connectivity index (χ4v) is 5.00. The molecule has 7 heteroatoms. The molecular formula is C10H19NO4S2. The minimum absolute atomic E-state index is 0.612. The average molecular weight is 281 g/mol. The van der Waals surface area contributed by atoms with Crippen molar-refractivity contribution in [3.05, 3.63) is 0 Å². The highest BCUT2D eigenvalue weighted by Crippen LogP contribution is 2.36. The van der Waals surface area contributed by atoms with Gasteiger partial charge in [0.15, 0.2) is 0 Å². The smallest absolute Gasteiger partial charge is 0.226 e. The Morgan fingerprint density at radius 2 is 1.82 bits per heavy atom. The Hall–Kier alpha value is 0.180. The summed E-state index contributed by atoms with van der Waals surface area (Å²) in [6.45, 7) is 1.52. The first-order chi connectivity index (χ1) is 8.22. The lowest BCUT2D eigenvalue weighted by molar-refractivity contribution is -0.164. The van der Waals surface area contributed by atoms with Crippen LogP contribution in [0.3, 0.4) is 0 Å². The second kappa shape index (κ2) is 6.38. The van der Waals surface area contributed by atoms with E-state index in [2.05, 4.69) is 9.22 Å². The summed E-state index contributed by atoms with van der Waals surface area (Å²) in [5.41, 5.74) is 0. The molecule has 0 radical (unpaired) electrons. The van der Waals surface area contributed by atoms with E-state index in [-0.39, 0.29) is 0 Å². The van der Waals surface area contributed by atoms with E-state index >= 15 is 0 Å². The van der Waals surface area contributed by atoms with Crippen molar-refractivity contribution in [2.24, 2.45) is 11.8 Å². The Kier molecular flexibility index (Phi) is 5.10.